The lowest BCUT2D eigenvalue weighted by atomic mass is 9.89. The van der Waals surface area contributed by atoms with E-state index in [1.54, 1.807) is 54.6 Å². The largest absolute Gasteiger partial charge is 0.479 e. The smallest absolute Gasteiger partial charge is 0.433 e. The summed E-state index contributed by atoms with van der Waals surface area (Å²) in [6.45, 7) is 0.944. The Bertz CT molecular complexity index is 1000. The maximum absolute atomic E-state index is 11.9. The van der Waals surface area contributed by atoms with Gasteiger partial charge < -0.3 is 26.0 Å². The van der Waals surface area contributed by atoms with E-state index in [4.69, 9.17) is 42.9 Å². The molecule has 0 radical (unpaired) electrons. The van der Waals surface area contributed by atoms with Crippen LogP contribution in [-0.2, 0) is 37.1 Å². The Balaban J connectivity index is 0.000000362. The van der Waals surface area contributed by atoms with Crippen molar-refractivity contribution in [1.29, 1.82) is 0 Å². The van der Waals surface area contributed by atoms with Crippen LogP contribution in [0.2, 0.25) is 5.02 Å². The van der Waals surface area contributed by atoms with Gasteiger partial charge in [0.05, 0.1) is 0 Å². The highest BCUT2D eigenvalue weighted by Crippen LogP contribution is 2.16. The zero-order valence-corrected chi connectivity index (χ0v) is 19.3. The summed E-state index contributed by atoms with van der Waals surface area (Å²) in [5, 5.41) is 18.7. The lowest BCUT2D eigenvalue weighted by Crippen LogP contribution is -2.68. The lowest BCUT2D eigenvalue weighted by molar-refractivity contribution is -0.164. The number of carbonyl (C=O) groups is 4. The van der Waals surface area contributed by atoms with Crippen molar-refractivity contribution in [3.05, 3.63) is 70.7 Å². The average molecular weight is 496 g/mol. The molecule has 0 saturated carbocycles. The minimum Gasteiger partial charge on any atom is -0.479 e. The van der Waals surface area contributed by atoms with Gasteiger partial charge in [-0.3, -0.25) is 10.0 Å². The van der Waals surface area contributed by atoms with Gasteiger partial charge in [-0.15, -0.1) is 0 Å². The van der Waals surface area contributed by atoms with E-state index >= 15 is 0 Å². The molecule has 0 aliphatic heterocycles. The van der Waals surface area contributed by atoms with Crippen LogP contribution in [0.3, 0.4) is 0 Å². The Morgan fingerprint density at radius 3 is 2.09 bits per heavy atom. The van der Waals surface area contributed by atoms with Crippen molar-refractivity contribution in [2.45, 2.75) is 31.7 Å². The fraction of sp³-hybridized carbons (Fsp3) is 0.273. The summed E-state index contributed by atoms with van der Waals surface area (Å²) in [4.78, 5) is 45.1. The number of amides is 1. The Morgan fingerprint density at radius 2 is 1.59 bits per heavy atom. The quantitative estimate of drug-likeness (QED) is 0.182. The SMILES string of the molecule is CC(=O)C(N)C(N)(C(=O)O)C(=O)OCc1ccccc1.CN(O)C(=O)OCc1ccccc1Cl. The van der Waals surface area contributed by atoms with Gasteiger partial charge in [0, 0.05) is 17.6 Å². The number of rotatable bonds is 8. The summed E-state index contributed by atoms with van der Waals surface area (Å²) >= 11 is 5.82. The van der Waals surface area contributed by atoms with Crippen LogP contribution in [0.15, 0.2) is 54.6 Å². The van der Waals surface area contributed by atoms with Crippen LogP contribution < -0.4 is 11.5 Å². The Morgan fingerprint density at radius 1 is 1.03 bits per heavy atom. The van der Waals surface area contributed by atoms with E-state index < -0.39 is 35.4 Å². The number of carboxylic acid groups (broad SMARTS) is 1. The van der Waals surface area contributed by atoms with Crippen LogP contribution in [0, 0.1) is 0 Å². The van der Waals surface area contributed by atoms with Crippen molar-refractivity contribution in [1.82, 2.24) is 5.06 Å². The van der Waals surface area contributed by atoms with Crippen molar-refractivity contribution in [3.63, 3.8) is 0 Å². The van der Waals surface area contributed by atoms with E-state index in [9.17, 15) is 19.2 Å². The normalized spacial score (nSPS) is 12.8. The number of halogens is 1. The van der Waals surface area contributed by atoms with Gasteiger partial charge in [0.1, 0.15) is 25.0 Å². The van der Waals surface area contributed by atoms with Gasteiger partial charge in [-0.05, 0) is 18.6 Å². The number of aliphatic carboxylic acids is 1. The molecule has 2 aromatic carbocycles. The molecule has 0 heterocycles. The Labute approximate surface area is 200 Å². The molecule has 0 spiro atoms. The van der Waals surface area contributed by atoms with Gasteiger partial charge in [-0.2, -0.15) is 5.06 Å². The Kier molecular flexibility index (Phi) is 11.1. The predicted molar refractivity (Wildman–Crippen MR) is 121 cm³/mol. The minimum atomic E-state index is -2.60. The molecule has 2 aromatic rings. The van der Waals surface area contributed by atoms with Crippen LogP contribution in [0.5, 0.6) is 0 Å². The maximum Gasteiger partial charge on any atom is 0.433 e. The van der Waals surface area contributed by atoms with Crippen LogP contribution in [0.25, 0.3) is 0 Å². The van der Waals surface area contributed by atoms with E-state index in [1.807, 2.05) is 0 Å². The number of benzene rings is 2. The molecule has 2 unspecified atom stereocenters. The summed E-state index contributed by atoms with van der Waals surface area (Å²) in [6.07, 6.45) is -0.815. The molecule has 0 bridgehead atoms. The first-order valence-corrected chi connectivity index (χ1v) is 10.1. The second-order valence-electron chi connectivity index (χ2n) is 6.99. The van der Waals surface area contributed by atoms with E-state index in [2.05, 4.69) is 0 Å². The van der Waals surface area contributed by atoms with Crippen LogP contribution >= 0.6 is 11.6 Å². The molecular formula is C22H26ClN3O8. The second kappa shape index (κ2) is 13.3. The first-order chi connectivity index (χ1) is 15.9. The second-order valence-corrected chi connectivity index (χ2v) is 7.40. The fourth-order valence-electron chi connectivity index (χ4n) is 2.36. The third-order valence-corrected chi connectivity index (χ3v) is 4.77. The monoisotopic (exact) mass is 495 g/mol. The fourth-order valence-corrected chi connectivity index (χ4v) is 2.55. The molecule has 2 atom stereocenters. The first-order valence-electron chi connectivity index (χ1n) is 9.73. The molecule has 0 aliphatic rings. The van der Waals surface area contributed by atoms with Gasteiger partial charge in [0.2, 0.25) is 5.54 Å². The molecule has 12 heteroatoms. The maximum atomic E-state index is 11.9. The molecule has 0 aliphatic carbocycles. The van der Waals surface area contributed by atoms with Crippen molar-refractivity contribution in [2.24, 2.45) is 11.5 Å². The molecule has 0 aromatic heterocycles. The van der Waals surface area contributed by atoms with Crippen LogP contribution in [-0.4, -0.2) is 57.8 Å². The molecule has 184 valence electrons. The van der Waals surface area contributed by atoms with E-state index in [0.717, 1.165) is 6.92 Å². The van der Waals surface area contributed by atoms with Crippen LogP contribution in [0.1, 0.15) is 18.1 Å². The molecule has 0 saturated heterocycles. The average Bonchev–Trinajstić information content (AvgIpc) is 2.81. The summed E-state index contributed by atoms with van der Waals surface area (Å²) in [5.74, 6) is -3.68. The first kappa shape index (κ1) is 28.5. The highest BCUT2D eigenvalue weighted by molar-refractivity contribution is 6.31. The summed E-state index contributed by atoms with van der Waals surface area (Å²) in [7, 11) is 1.19. The minimum absolute atomic E-state index is 0.0450. The van der Waals surface area contributed by atoms with Crippen LogP contribution in [0.4, 0.5) is 4.79 Å². The molecular weight excluding hydrogens is 470 g/mol. The summed E-state index contributed by atoms with van der Waals surface area (Å²) < 4.78 is 9.57. The number of hydrogen-bond acceptors (Lipinski definition) is 9. The topological polar surface area (TPSA) is 182 Å². The predicted octanol–water partition coefficient (Wildman–Crippen LogP) is 1.73. The standard InChI is InChI=1S/C13H16N2O5.C9H10ClNO3/c1-8(16)10(14)13(15,11(17)18)12(19)20-7-9-5-3-2-4-6-9;1-11(13)9(12)14-6-7-4-2-3-5-8(7)10/h2-6,10H,7,14-15H2,1H3,(H,17,18);2-5,13H,6H2,1H3. The number of nitrogens with two attached hydrogens (primary N) is 2. The number of carboxylic acids is 1. The third-order valence-electron chi connectivity index (χ3n) is 4.41. The number of carbonyl (C=O) groups excluding carboxylic acids is 3. The van der Waals surface area contributed by atoms with E-state index in [-0.39, 0.29) is 13.2 Å². The number of ketones is 1. The molecule has 1 amide bonds. The molecule has 6 N–H and O–H groups in total. The zero-order chi connectivity index (χ0) is 25.9. The summed E-state index contributed by atoms with van der Waals surface area (Å²) in [5.41, 5.74) is 9.64. The highest BCUT2D eigenvalue weighted by atomic mass is 35.5. The van der Waals surface area contributed by atoms with Crippen molar-refractivity contribution < 1.29 is 39.0 Å². The number of hydrogen-bond donors (Lipinski definition) is 4. The van der Waals surface area contributed by atoms with Gasteiger partial charge in [-0.25, -0.2) is 14.4 Å². The van der Waals surface area contributed by atoms with Gasteiger partial charge >= 0.3 is 18.0 Å². The highest BCUT2D eigenvalue weighted by Gasteiger charge is 2.51. The third kappa shape index (κ3) is 8.12. The molecule has 2 rings (SSSR count). The molecule has 0 fully saturated rings. The number of nitrogens with zero attached hydrogens (tertiary/aromatic N) is 1. The Hall–Kier alpha value is -3.51. The van der Waals surface area contributed by atoms with E-state index in [0.29, 0.717) is 21.2 Å². The summed E-state index contributed by atoms with van der Waals surface area (Å²) in [6, 6.07) is 14.0. The number of ether oxygens (including phenoxy) is 2. The van der Waals surface area contributed by atoms with Crippen molar-refractivity contribution in [3.8, 4) is 0 Å². The lowest BCUT2D eigenvalue weighted by Gasteiger charge is -2.26. The zero-order valence-electron chi connectivity index (χ0n) is 18.5. The number of hydroxylamine groups is 2. The number of Topliss-reactive ketones (excluding diaryl/α,β-unsaturated/α-hetero) is 1. The van der Waals surface area contributed by atoms with Crippen molar-refractivity contribution >= 4 is 35.4 Å². The van der Waals surface area contributed by atoms with E-state index in [1.165, 1.54) is 7.05 Å². The van der Waals surface area contributed by atoms with Gasteiger partial charge in [0.15, 0.2) is 0 Å². The molecule has 11 nitrogen and oxygen atoms in total. The van der Waals surface area contributed by atoms with Crippen molar-refractivity contribution in [2.75, 3.05) is 7.05 Å². The number of esters is 1. The van der Waals surface area contributed by atoms with Gasteiger partial charge in [-0.1, -0.05) is 60.1 Å². The molecule has 34 heavy (non-hydrogen) atoms. The van der Waals surface area contributed by atoms with Gasteiger partial charge in [0.25, 0.3) is 0 Å².